The molecule has 1 heterocycles. The average Bonchev–Trinajstić information content (AvgIpc) is 2.52. The summed E-state index contributed by atoms with van der Waals surface area (Å²) >= 11 is 0. The van der Waals surface area contributed by atoms with E-state index in [4.69, 9.17) is 5.84 Å². The maximum Gasteiger partial charge on any atom is 0.419 e. The normalized spacial score (nSPS) is 11.6. The first-order valence-corrected chi connectivity index (χ1v) is 5.82. The first-order chi connectivity index (χ1) is 10.4. The number of hydrogen-bond acceptors (Lipinski definition) is 5. The van der Waals surface area contributed by atoms with Crippen molar-refractivity contribution < 1.29 is 18.0 Å². The van der Waals surface area contributed by atoms with E-state index in [2.05, 4.69) is 20.2 Å². The molecule has 2 aromatic rings. The summed E-state index contributed by atoms with van der Waals surface area (Å²) in [5, 5.41) is 6.85. The number of halogens is 3. The van der Waals surface area contributed by atoms with E-state index >= 15 is 0 Å². The Morgan fingerprint density at radius 3 is 2.23 bits per heavy atom. The Bertz CT molecular complexity index is 682. The summed E-state index contributed by atoms with van der Waals surface area (Å²) in [5.74, 6) is 4.96. The second-order valence-corrected chi connectivity index (χ2v) is 3.99. The van der Waals surface area contributed by atoms with Crippen LogP contribution >= 0.6 is 0 Å². The predicted molar refractivity (Wildman–Crippen MR) is 69.7 cm³/mol. The molecule has 1 aromatic carbocycles. The number of carbonyl (C=O) groups is 1. The number of nitrogens with two attached hydrogens (primary N) is 1. The average molecular weight is 310 g/mol. The summed E-state index contributed by atoms with van der Waals surface area (Å²) in [7, 11) is 0. The van der Waals surface area contributed by atoms with Crippen molar-refractivity contribution >= 4 is 11.7 Å². The van der Waals surface area contributed by atoms with Crippen molar-refractivity contribution in [3.05, 3.63) is 42.2 Å². The third kappa shape index (κ3) is 3.82. The number of azo groups is 1. The molecule has 0 aliphatic rings. The smallest absolute Gasteiger partial charge is 0.273 e. The molecule has 2 amide bonds. The minimum absolute atomic E-state index is 0.135. The first-order valence-electron chi connectivity index (χ1n) is 5.82. The molecule has 0 saturated heterocycles. The molecule has 0 fully saturated rings. The molecule has 0 aliphatic carbocycles. The van der Waals surface area contributed by atoms with Crippen molar-refractivity contribution in [2.24, 2.45) is 16.1 Å². The van der Waals surface area contributed by atoms with Crippen molar-refractivity contribution in [3.63, 3.8) is 0 Å². The molecule has 1 aromatic heterocycles. The highest BCUT2D eigenvalue weighted by Crippen LogP contribution is 2.28. The van der Waals surface area contributed by atoms with Gasteiger partial charge in [-0.3, -0.25) is 5.43 Å². The van der Waals surface area contributed by atoms with Crippen LogP contribution in [0.25, 0.3) is 11.4 Å². The van der Waals surface area contributed by atoms with Crippen LogP contribution in [0.4, 0.5) is 23.7 Å². The number of rotatable bonds is 2. The van der Waals surface area contributed by atoms with Crippen LogP contribution in [0.15, 0.2) is 46.9 Å². The Morgan fingerprint density at radius 1 is 1.14 bits per heavy atom. The summed E-state index contributed by atoms with van der Waals surface area (Å²) in [5.41, 5.74) is 1.71. The molecular formula is C12H9F3N6O. The highest BCUT2D eigenvalue weighted by atomic mass is 19.4. The van der Waals surface area contributed by atoms with E-state index in [9.17, 15) is 18.0 Å². The number of benzene rings is 1. The monoisotopic (exact) mass is 310 g/mol. The lowest BCUT2D eigenvalue weighted by molar-refractivity contribution is -0.138. The maximum absolute atomic E-state index is 12.4. The van der Waals surface area contributed by atoms with E-state index in [0.717, 1.165) is 0 Å². The molecular weight excluding hydrogens is 301 g/mol. The van der Waals surface area contributed by atoms with Crippen LogP contribution < -0.4 is 11.3 Å². The highest BCUT2D eigenvalue weighted by Gasteiger charge is 2.31. The van der Waals surface area contributed by atoms with Crippen LogP contribution in [-0.4, -0.2) is 16.0 Å². The number of hydrazine groups is 1. The number of amides is 2. The second-order valence-electron chi connectivity index (χ2n) is 3.99. The molecule has 10 heteroatoms. The van der Waals surface area contributed by atoms with E-state index in [0.29, 0.717) is 23.6 Å². The van der Waals surface area contributed by atoms with Gasteiger partial charge in [-0.15, -0.1) is 5.11 Å². The van der Waals surface area contributed by atoms with E-state index < -0.39 is 17.8 Å². The fourth-order valence-corrected chi connectivity index (χ4v) is 1.43. The van der Waals surface area contributed by atoms with Gasteiger partial charge in [0.05, 0.1) is 11.3 Å². The van der Waals surface area contributed by atoms with Gasteiger partial charge in [0.2, 0.25) is 0 Å². The van der Waals surface area contributed by atoms with Gasteiger partial charge in [-0.05, 0) is 24.3 Å². The van der Waals surface area contributed by atoms with Gasteiger partial charge in [0, 0.05) is 18.0 Å². The SMILES string of the molecule is NNC(=O)N=Nc1ccc(-c2ncc(C(F)(F)F)cn2)cc1. The highest BCUT2D eigenvalue weighted by molar-refractivity contribution is 5.73. The van der Waals surface area contributed by atoms with Gasteiger partial charge in [-0.2, -0.15) is 13.2 Å². The Labute approximate surface area is 122 Å². The van der Waals surface area contributed by atoms with E-state index in [-0.39, 0.29) is 5.82 Å². The number of nitrogens with one attached hydrogen (secondary N) is 1. The quantitative estimate of drug-likeness (QED) is 0.385. The molecule has 3 N–H and O–H groups in total. The Hall–Kier alpha value is -2.88. The molecule has 0 saturated carbocycles. The third-order valence-electron chi connectivity index (χ3n) is 2.48. The molecule has 0 radical (unpaired) electrons. The lowest BCUT2D eigenvalue weighted by Gasteiger charge is -2.06. The van der Waals surface area contributed by atoms with Gasteiger partial charge in [-0.1, -0.05) is 5.11 Å². The molecule has 0 spiro atoms. The van der Waals surface area contributed by atoms with Crippen LogP contribution in [0.5, 0.6) is 0 Å². The lowest BCUT2D eigenvalue weighted by atomic mass is 10.2. The number of alkyl halides is 3. The zero-order valence-corrected chi connectivity index (χ0v) is 10.9. The number of hydrogen-bond donors (Lipinski definition) is 2. The van der Waals surface area contributed by atoms with Crippen molar-refractivity contribution in [2.75, 3.05) is 0 Å². The van der Waals surface area contributed by atoms with Crippen molar-refractivity contribution in [3.8, 4) is 11.4 Å². The van der Waals surface area contributed by atoms with E-state index in [1.807, 2.05) is 0 Å². The third-order valence-corrected chi connectivity index (χ3v) is 2.48. The largest absolute Gasteiger partial charge is 0.419 e. The topological polar surface area (TPSA) is 106 Å². The van der Waals surface area contributed by atoms with Gasteiger partial charge in [0.15, 0.2) is 5.82 Å². The van der Waals surface area contributed by atoms with Crippen molar-refractivity contribution in [2.45, 2.75) is 6.18 Å². The summed E-state index contributed by atoms with van der Waals surface area (Å²) < 4.78 is 37.2. The predicted octanol–water partition coefficient (Wildman–Crippen LogP) is 2.83. The molecule has 0 atom stereocenters. The molecule has 2 rings (SSSR count). The van der Waals surface area contributed by atoms with Gasteiger partial charge >= 0.3 is 12.2 Å². The number of aromatic nitrogens is 2. The van der Waals surface area contributed by atoms with Gasteiger partial charge in [0.25, 0.3) is 0 Å². The van der Waals surface area contributed by atoms with Gasteiger partial charge in [0.1, 0.15) is 0 Å². The standard InChI is InChI=1S/C12H9F3N6O/c13-12(14,15)8-5-17-10(18-6-8)7-1-3-9(4-2-7)20-21-11(22)19-16/h1-6H,16H2,(H,19,22). The fraction of sp³-hybridized carbons (Fsp3) is 0.0833. The summed E-state index contributed by atoms with van der Waals surface area (Å²) in [4.78, 5) is 18.1. The maximum atomic E-state index is 12.4. The van der Waals surface area contributed by atoms with Crippen LogP contribution in [0, 0.1) is 0 Å². The van der Waals surface area contributed by atoms with Gasteiger partial charge in [-0.25, -0.2) is 20.6 Å². The summed E-state index contributed by atoms with van der Waals surface area (Å²) in [6, 6.07) is 5.28. The lowest BCUT2D eigenvalue weighted by Crippen LogP contribution is -2.26. The molecule has 7 nitrogen and oxygen atoms in total. The van der Waals surface area contributed by atoms with Crippen LogP contribution in [0.1, 0.15) is 5.56 Å². The molecule has 0 aliphatic heterocycles. The molecule has 22 heavy (non-hydrogen) atoms. The molecule has 0 unspecified atom stereocenters. The van der Waals surface area contributed by atoms with E-state index in [1.165, 1.54) is 24.3 Å². The minimum Gasteiger partial charge on any atom is -0.273 e. The first kappa shape index (κ1) is 15.5. The zero-order chi connectivity index (χ0) is 16.2. The van der Waals surface area contributed by atoms with Crippen LogP contribution in [-0.2, 0) is 6.18 Å². The Balaban J connectivity index is 2.17. The number of carbonyl (C=O) groups excluding carboxylic acids is 1. The van der Waals surface area contributed by atoms with Crippen LogP contribution in [0.2, 0.25) is 0 Å². The summed E-state index contributed by atoms with van der Waals surface area (Å²) in [6.45, 7) is 0. The Morgan fingerprint density at radius 2 is 1.73 bits per heavy atom. The van der Waals surface area contributed by atoms with Crippen molar-refractivity contribution in [1.82, 2.24) is 15.4 Å². The number of nitrogens with zero attached hydrogens (tertiary/aromatic N) is 4. The van der Waals surface area contributed by atoms with Crippen LogP contribution in [0.3, 0.4) is 0 Å². The zero-order valence-electron chi connectivity index (χ0n) is 10.9. The Kier molecular flexibility index (Phi) is 4.41. The number of urea groups is 1. The van der Waals surface area contributed by atoms with Crippen molar-refractivity contribution in [1.29, 1.82) is 0 Å². The summed E-state index contributed by atoms with van der Waals surface area (Å²) in [6.07, 6.45) is -3.06. The second kappa shape index (κ2) is 6.26. The van der Waals surface area contributed by atoms with E-state index in [1.54, 1.807) is 5.43 Å². The minimum atomic E-state index is -4.48. The molecule has 0 bridgehead atoms. The van der Waals surface area contributed by atoms with Gasteiger partial charge < -0.3 is 0 Å². The molecule has 114 valence electrons. The fourth-order valence-electron chi connectivity index (χ4n) is 1.43.